The number of benzene rings is 6. The highest BCUT2D eigenvalue weighted by Gasteiger charge is 2.43. The first-order chi connectivity index (χ1) is 37.8. The number of rotatable bonds is 30. The van der Waals surface area contributed by atoms with E-state index in [1.807, 2.05) is 36.4 Å². The fourth-order valence-corrected chi connectivity index (χ4v) is 9.24. The Bertz CT molecular complexity index is 2690. The fraction of sp³-hybridized carbons (Fsp3) is 0.311. The summed E-state index contributed by atoms with van der Waals surface area (Å²) in [6, 6.07) is 39.3. The molecule has 0 saturated carbocycles. The Kier molecular flexibility index (Phi) is 21.3. The lowest BCUT2D eigenvalue weighted by Crippen LogP contribution is -2.58. The van der Waals surface area contributed by atoms with Crippen LogP contribution in [0, 0.1) is 0 Å². The van der Waals surface area contributed by atoms with Crippen LogP contribution >= 0.6 is 0 Å². The first kappa shape index (κ1) is 60.1. The minimum Gasteiger partial charge on any atom is -0.508 e. The third-order valence-electron chi connectivity index (χ3n) is 14.2. The molecule has 6 rings (SSSR count). The third kappa shape index (κ3) is 16.0. The third-order valence-corrected chi connectivity index (χ3v) is 14.2. The van der Waals surface area contributed by atoms with Crippen molar-refractivity contribution in [2.24, 2.45) is 34.4 Å². The Balaban J connectivity index is 1.29. The number of nitrogens with two attached hydrogens (primary N) is 6. The zero-order chi connectivity index (χ0) is 57.2. The summed E-state index contributed by atoms with van der Waals surface area (Å²) in [5, 5.41) is 37.9. The van der Waals surface area contributed by atoms with Gasteiger partial charge in [0.2, 0.25) is 0 Å². The van der Waals surface area contributed by atoms with E-state index in [2.05, 4.69) is 16.0 Å². The van der Waals surface area contributed by atoms with E-state index in [0.717, 1.165) is 16.7 Å². The number of carbonyl (C=O) groups excluding carboxylic acids is 6. The number of anilines is 3. The number of nitrogens with one attached hydrogen (secondary N) is 3. The molecule has 0 aliphatic heterocycles. The SMILES string of the molecule is NCCCC[C@@](N)(C(=O)Cc1ccc(O)cc1)C(=O)Nc1ccc(C(c2ccc(NC(=O)[C@@](N)(CCCCN)C(=O)Cc3ccc(O)cc3)cc2)c2ccc(NC(=O)[C@@](N)(CCCCN)C(=O)Cc3ccc(O)cc3)cc2)cc1. The summed E-state index contributed by atoms with van der Waals surface area (Å²) in [6.07, 6.45) is 2.65. The van der Waals surface area contributed by atoms with Crippen LogP contribution in [0.15, 0.2) is 146 Å². The molecule has 18 N–H and O–H groups in total. The maximum Gasteiger partial charge on any atom is 0.252 e. The maximum absolute atomic E-state index is 14.0. The van der Waals surface area contributed by atoms with Gasteiger partial charge in [0.05, 0.1) is 0 Å². The predicted octanol–water partition coefficient (Wildman–Crippen LogP) is 5.71. The van der Waals surface area contributed by atoms with Crippen molar-refractivity contribution in [2.75, 3.05) is 35.6 Å². The van der Waals surface area contributed by atoms with Crippen LogP contribution in [0.1, 0.15) is 97.1 Å². The van der Waals surface area contributed by atoms with Crippen LogP contribution in [0.2, 0.25) is 0 Å². The predicted molar refractivity (Wildman–Crippen MR) is 306 cm³/mol. The first-order valence-corrected chi connectivity index (χ1v) is 26.5. The highest BCUT2D eigenvalue weighted by atomic mass is 16.3. The Hall–Kier alpha value is -8.10. The second kappa shape index (κ2) is 28.0. The average molecular weight is 1080 g/mol. The van der Waals surface area contributed by atoms with Crippen LogP contribution in [0.25, 0.3) is 0 Å². The van der Waals surface area contributed by atoms with Crippen molar-refractivity contribution < 1.29 is 44.1 Å². The monoisotopic (exact) mass is 1080 g/mol. The number of phenols is 3. The largest absolute Gasteiger partial charge is 0.508 e. The molecule has 79 heavy (non-hydrogen) atoms. The van der Waals surface area contributed by atoms with E-state index in [0.29, 0.717) is 91.9 Å². The average Bonchev–Trinajstić information content (AvgIpc) is 3.47. The lowest BCUT2D eigenvalue weighted by molar-refractivity contribution is -0.134. The normalized spacial score (nSPS) is 13.6. The van der Waals surface area contributed by atoms with Gasteiger partial charge in [-0.25, -0.2) is 0 Å². The van der Waals surface area contributed by atoms with Crippen molar-refractivity contribution in [3.63, 3.8) is 0 Å². The van der Waals surface area contributed by atoms with Crippen molar-refractivity contribution in [1.29, 1.82) is 0 Å². The number of amides is 3. The number of carbonyl (C=O) groups is 6. The summed E-state index contributed by atoms with van der Waals surface area (Å²) in [4.78, 5) is 83.5. The molecule has 6 aromatic carbocycles. The van der Waals surface area contributed by atoms with E-state index >= 15 is 0 Å². The minimum absolute atomic E-state index is 0.0338. The number of unbranched alkanes of at least 4 members (excludes halogenated alkanes) is 3. The van der Waals surface area contributed by atoms with Gasteiger partial charge in [-0.05, 0) is 184 Å². The zero-order valence-electron chi connectivity index (χ0n) is 44.3. The quantitative estimate of drug-likeness (QED) is 0.0146. The molecule has 3 amide bonds. The molecule has 18 nitrogen and oxygen atoms in total. The fourth-order valence-electron chi connectivity index (χ4n) is 9.24. The molecule has 0 heterocycles. The molecular formula is C61H73N9O9. The van der Waals surface area contributed by atoms with Gasteiger partial charge < -0.3 is 65.7 Å². The Morgan fingerprint density at radius 1 is 0.354 bits per heavy atom. The highest BCUT2D eigenvalue weighted by molar-refractivity contribution is 6.17. The van der Waals surface area contributed by atoms with Crippen LogP contribution in [0.5, 0.6) is 17.2 Å². The topological polar surface area (TPSA) is 355 Å². The van der Waals surface area contributed by atoms with Crippen LogP contribution in [-0.2, 0) is 48.0 Å². The van der Waals surface area contributed by atoms with Gasteiger partial charge in [0.15, 0.2) is 34.0 Å². The summed E-state index contributed by atoms with van der Waals surface area (Å²) in [7, 11) is 0. The van der Waals surface area contributed by atoms with E-state index in [-0.39, 0.29) is 55.8 Å². The lowest BCUT2D eigenvalue weighted by Gasteiger charge is -2.28. The Morgan fingerprint density at radius 3 is 0.797 bits per heavy atom. The number of aromatic hydroxyl groups is 3. The Labute approximate surface area is 460 Å². The summed E-state index contributed by atoms with van der Waals surface area (Å²) < 4.78 is 0. The summed E-state index contributed by atoms with van der Waals surface area (Å²) in [6.45, 7) is 1.05. The number of phenolic OH excluding ortho intramolecular Hbond substituents is 3. The molecule has 0 aliphatic rings. The van der Waals surface area contributed by atoms with Gasteiger partial charge >= 0.3 is 0 Å². The van der Waals surface area contributed by atoms with Crippen LogP contribution in [0.3, 0.4) is 0 Å². The van der Waals surface area contributed by atoms with E-state index in [1.54, 1.807) is 72.8 Å². The van der Waals surface area contributed by atoms with Gasteiger partial charge in [0.1, 0.15) is 17.2 Å². The highest BCUT2D eigenvalue weighted by Crippen LogP contribution is 2.35. The number of Topliss-reactive ketones (excluding diaryl/α,β-unsaturated/α-hetero) is 3. The number of ketones is 3. The molecule has 0 spiro atoms. The molecule has 0 aromatic heterocycles. The molecule has 0 radical (unpaired) electrons. The van der Waals surface area contributed by atoms with Gasteiger partial charge in [-0.1, -0.05) is 72.8 Å². The Morgan fingerprint density at radius 2 is 0.582 bits per heavy atom. The van der Waals surface area contributed by atoms with E-state index in [1.165, 1.54) is 36.4 Å². The van der Waals surface area contributed by atoms with E-state index in [4.69, 9.17) is 34.4 Å². The molecule has 18 heteroatoms. The van der Waals surface area contributed by atoms with Crippen molar-refractivity contribution in [3.8, 4) is 17.2 Å². The molecule has 3 atom stereocenters. The molecule has 0 saturated heterocycles. The summed E-state index contributed by atoms with van der Waals surface area (Å²) in [5.74, 6) is -4.00. The molecule has 0 unspecified atom stereocenters. The van der Waals surface area contributed by atoms with Crippen molar-refractivity contribution in [1.82, 2.24) is 0 Å². The molecule has 0 bridgehead atoms. The molecule has 6 aromatic rings. The standard InChI is InChI=1S/C61H73N9O9/c62-34-4-1-31-59(65,52(74)37-40-7-25-49(71)26-8-40)56(77)68-46-19-13-43(14-20-46)55(44-15-21-47(22-16-44)69-57(78)60(66,32-2-5-35-63)53(75)38-41-9-27-50(72)28-10-41)45-17-23-48(24-18-45)70-58(79)61(67,33-3-6-36-64)54(76)39-42-11-29-51(73)30-12-42/h7-30,55,71-73H,1-6,31-39,62-67H2,(H,68,77)(H,69,78)(H,70,79)/t59-,60-,61-/m1/s1. The number of hydrogen-bond donors (Lipinski definition) is 12. The molecule has 0 fully saturated rings. The molecule has 0 aliphatic carbocycles. The smallest absolute Gasteiger partial charge is 0.252 e. The summed E-state index contributed by atoms with van der Waals surface area (Å²) in [5.41, 5.74) is 36.7. The van der Waals surface area contributed by atoms with Crippen LogP contribution < -0.4 is 50.4 Å². The minimum atomic E-state index is -1.90. The van der Waals surface area contributed by atoms with Crippen molar-refractivity contribution in [3.05, 3.63) is 179 Å². The van der Waals surface area contributed by atoms with Gasteiger partial charge in [0, 0.05) is 42.2 Å². The maximum atomic E-state index is 14.0. The van der Waals surface area contributed by atoms with Crippen molar-refractivity contribution in [2.45, 2.75) is 99.6 Å². The second-order valence-electron chi connectivity index (χ2n) is 20.1. The van der Waals surface area contributed by atoms with Gasteiger partial charge in [-0.3, -0.25) is 28.8 Å². The van der Waals surface area contributed by atoms with Crippen LogP contribution in [-0.4, -0.2) is 86.6 Å². The van der Waals surface area contributed by atoms with Gasteiger partial charge in [0.25, 0.3) is 17.7 Å². The zero-order valence-corrected chi connectivity index (χ0v) is 44.3. The molecular weight excluding hydrogens is 1000 g/mol. The van der Waals surface area contributed by atoms with E-state index < -0.39 is 57.6 Å². The molecule has 416 valence electrons. The van der Waals surface area contributed by atoms with Gasteiger partial charge in [-0.2, -0.15) is 0 Å². The van der Waals surface area contributed by atoms with Crippen LogP contribution in [0.4, 0.5) is 17.1 Å². The summed E-state index contributed by atoms with van der Waals surface area (Å²) >= 11 is 0. The van der Waals surface area contributed by atoms with Gasteiger partial charge in [-0.15, -0.1) is 0 Å². The number of hydrogen-bond acceptors (Lipinski definition) is 15. The first-order valence-electron chi connectivity index (χ1n) is 26.5. The van der Waals surface area contributed by atoms with Crippen molar-refractivity contribution >= 4 is 52.1 Å². The lowest BCUT2D eigenvalue weighted by atomic mass is 9.83. The van der Waals surface area contributed by atoms with E-state index in [9.17, 15) is 44.1 Å². The second-order valence-corrected chi connectivity index (χ2v) is 20.1.